The highest BCUT2D eigenvalue weighted by Crippen LogP contribution is 2.27. The third-order valence-corrected chi connectivity index (χ3v) is 4.85. The minimum Gasteiger partial charge on any atom is -0.376 e. The van der Waals surface area contributed by atoms with E-state index in [2.05, 4.69) is 15.3 Å². The SMILES string of the molecule is O=C(CSc1nc(=O)[nH]c2c1CCC2)NCC1CCCO1. The quantitative estimate of drug-likeness (QED) is 0.616. The van der Waals surface area contributed by atoms with Crippen molar-refractivity contribution in [3.63, 3.8) is 0 Å². The normalized spacial score (nSPS) is 20.5. The summed E-state index contributed by atoms with van der Waals surface area (Å²) in [6.07, 6.45) is 5.09. The Balaban J connectivity index is 1.53. The second-order valence-corrected chi connectivity index (χ2v) is 6.35. The molecule has 2 heterocycles. The maximum Gasteiger partial charge on any atom is 0.346 e. The first-order chi connectivity index (χ1) is 10.2. The number of amides is 1. The van der Waals surface area contributed by atoms with Crippen LogP contribution in [-0.4, -0.2) is 40.9 Å². The van der Waals surface area contributed by atoms with E-state index in [0.717, 1.165) is 50.0 Å². The molecule has 1 aromatic rings. The average Bonchev–Trinajstić information content (AvgIpc) is 3.13. The van der Waals surface area contributed by atoms with Crippen LogP contribution in [0.2, 0.25) is 0 Å². The molecule has 1 atom stereocenters. The van der Waals surface area contributed by atoms with E-state index in [0.29, 0.717) is 11.6 Å². The van der Waals surface area contributed by atoms with Crippen LogP contribution in [0.4, 0.5) is 0 Å². The van der Waals surface area contributed by atoms with E-state index in [1.807, 2.05) is 0 Å². The predicted octanol–water partition coefficient (Wildman–Crippen LogP) is 0.646. The molecule has 1 fully saturated rings. The van der Waals surface area contributed by atoms with E-state index in [9.17, 15) is 9.59 Å². The number of aromatic amines is 1. The van der Waals surface area contributed by atoms with E-state index < -0.39 is 0 Å². The lowest BCUT2D eigenvalue weighted by molar-refractivity contribution is -0.119. The van der Waals surface area contributed by atoms with Crippen molar-refractivity contribution in [2.24, 2.45) is 0 Å². The summed E-state index contributed by atoms with van der Waals surface area (Å²) in [6.45, 7) is 1.36. The van der Waals surface area contributed by atoms with E-state index in [1.165, 1.54) is 11.8 Å². The Morgan fingerprint density at radius 2 is 2.33 bits per heavy atom. The highest BCUT2D eigenvalue weighted by molar-refractivity contribution is 7.99. The van der Waals surface area contributed by atoms with Crippen LogP contribution in [0.15, 0.2) is 9.82 Å². The molecule has 6 nitrogen and oxygen atoms in total. The molecule has 1 unspecified atom stereocenters. The molecule has 3 rings (SSSR count). The molecule has 1 aromatic heterocycles. The summed E-state index contributed by atoms with van der Waals surface area (Å²) in [5.74, 6) is 0.250. The zero-order valence-electron chi connectivity index (χ0n) is 11.8. The fourth-order valence-corrected chi connectivity index (χ4v) is 3.69. The van der Waals surface area contributed by atoms with Crippen LogP contribution in [0.5, 0.6) is 0 Å². The molecule has 1 aliphatic carbocycles. The number of ether oxygens (including phenoxy) is 1. The van der Waals surface area contributed by atoms with Crippen LogP contribution >= 0.6 is 11.8 Å². The second-order valence-electron chi connectivity index (χ2n) is 5.39. The van der Waals surface area contributed by atoms with Crippen molar-refractivity contribution in [2.75, 3.05) is 18.9 Å². The molecule has 2 N–H and O–H groups in total. The van der Waals surface area contributed by atoms with Crippen molar-refractivity contribution in [2.45, 2.75) is 43.2 Å². The predicted molar refractivity (Wildman–Crippen MR) is 79.6 cm³/mol. The van der Waals surface area contributed by atoms with Gasteiger partial charge in [0.05, 0.1) is 11.9 Å². The fraction of sp³-hybridized carbons (Fsp3) is 0.643. The largest absolute Gasteiger partial charge is 0.376 e. The van der Waals surface area contributed by atoms with Crippen molar-refractivity contribution < 1.29 is 9.53 Å². The molecule has 7 heteroatoms. The number of nitrogens with zero attached hydrogens (tertiary/aromatic N) is 1. The molecule has 1 saturated heterocycles. The Morgan fingerprint density at radius 1 is 1.43 bits per heavy atom. The van der Waals surface area contributed by atoms with Gasteiger partial charge in [-0.3, -0.25) is 4.79 Å². The van der Waals surface area contributed by atoms with Crippen LogP contribution in [-0.2, 0) is 22.4 Å². The van der Waals surface area contributed by atoms with Gasteiger partial charge in [0, 0.05) is 24.4 Å². The van der Waals surface area contributed by atoms with Gasteiger partial charge in [-0.2, -0.15) is 4.98 Å². The Morgan fingerprint density at radius 3 is 3.14 bits per heavy atom. The van der Waals surface area contributed by atoms with Crippen LogP contribution in [0, 0.1) is 0 Å². The monoisotopic (exact) mass is 309 g/mol. The Hall–Kier alpha value is -1.34. The molecule has 0 spiro atoms. The minimum absolute atomic E-state index is 0.0377. The number of carbonyl (C=O) groups excluding carboxylic acids is 1. The zero-order valence-corrected chi connectivity index (χ0v) is 12.6. The number of hydrogen-bond donors (Lipinski definition) is 2. The summed E-state index contributed by atoms with van der Waals surface area (Å²) in [5, 5.41) is 3.59. The lowest BCUT2D eigenvalue weighted by Gasteiger charge is -2.11. The number of nitrogens with one attached hydrogen (secondary N) is 2. The van der Waals surface area contributed by atoms with Gasteiger partial charge in [-0.25, -0.2) is 4.79 Å². The van der Waals surface area contributed by atoms with Crippen molar-refractivity contribution in [3.8, 4) is 0 Å². The second kappa shape index (κ2) is 6.62. The number of aromatic nitrogens is 2. The third kappa shape index (κ3) is 3.65. The summed E-state index contributed by atoms with van der Waals surface area (Å²) >= 11 is 1.35. The standard InChI is InChI=1S/C14H19N3O3S/c18-12(15-7-9-3-2-6-20-9)8-21-13-10-4-1-5-11(10)16-14(19)17-13/h9H,1-8H2,(H,15,18)(H,16,17,19). The van der Waals surface area contributed by atoms with Gasteiger partial charge < -0.3 is 15.0 Å². The molecule has 0 aromatic carbocycles. The summed E-state index contributed by atoms with van der Waals surface area (Å²) in [5.41, 5.74) is 1.77. The minimum atomic E-state index is -0.321. The lowest BCUT2D eigenvalue weighted by Crippen LogP contribution is -2.33. The number of H-pyrrole nitrogens is 1. The Bertz CT molecular complexity index is 581. The Labute approximate surface area is 127 Å². The van der Waals surface area contributed by atoms with Gasteiger partial charge in [0.15, 0.2) is 0 Å². The van der Waals surface area contributed by atoms with Crippen LogP contribution in [0.25, 0.3) is 0 Å². The number of aryl methyl sites for hydroxylation is 1. The van der Waals surface area contributed by atoms with Crippen molar-refractivity contribution in [3.05, 3.63) is 21.7 Å². The molecule has 1 aliphatic heterocycles. The first kappa shape index (κ1) is 14.6. The number of rotatable bonds is 5. The average molecular weight is 309 g/mol. The maximum absolute atomic E-state index is 11.9. The Kier molecular flexibility index (Phi) is 4.60. The summed E-state index contributed by atoms with van der Waals surface area (Å²) < 4.78 is 5.46. The molecule has 0 radical (unpaired) electrons. The molecule has 21 heavy (non-hydrogen) atoms. The zero-order chi connectivity index (χ0) is 14.7. The molecular weight excluding hydrogens is 290 g/mol. The van der Waals surface area contributed by atoms with Gasteiger partial charge in [-0.05, 0) is 32.1 Å². The summed E-state index contributed by atoms with van der Waals surface area (Å²) in [7, 11) is 0. The van der Waals surface area contributed by atoms with Gasteiger partial charge in [-0.15, -0.1) is 0 Å². The van der Waals surface area contributed by atoms with Gasteiger partial charge in [0.25, 0.3) is 0 Å². The van der Waals surface area contributed by atoms with Gasteiger partial charge in [-0.1, -0.05) is 11.8 Å². The highest BCUT2D eigenvalue weighted by atomic mass is 32.2. The van der Waals surface area contributed by atoms with E-state index in [4.69, 9.17) is 4.74 Å². The third-order valence-electron chi connectivity index (χ3n) is 3.83. The molecule has 0 bridgehead atoms. The highest BCUT2D eigenvalue weighted by Gasteiger charge is 2.19. The van der Waals surface area contributed by atoms with Gasteiger partial charge in [0.1, 0.15) is 5.03 Å². The molecule has 0 saturated carbocycles. The van der Waals surface area contributed by atoms with E-state index in [-0.39, 0.29) is 23.5 Å². The number of thioether (sulfide) groups is 1. The first-order valence-electron chi connectivity index (χ1n) is 7.35. The van der Waals surface area contributed by atoms with Crippen LogP contribution < -0.4 is 11.0 Å². The lowest BCUT2D eigenvalue weighted by atomic mass is 10.2. The molecule has 114 valence electrons. The van der Waals surface area contributed by atoms with Crippen molar-refractivity contribution >= 4 is 17.7 Å². The van der Waals surface area contributed by atoms with E-state index >= 15 is 0 Å². The fourth-order valence-electron chi connectivity index (χ4n) is 2.77. The smallest absolute Gasteiger partial charge is 0.346 e. The number of hydrogen-bond acceptors (Lipinski definition) is 5. The van der Waals surface area contributed by atoms with E-state index in [1.54, 1.807) is 0 Å². The topological polar surface area (TPSA) is 84.1 Å². The summed E-state index contributed by atoms with van der Waals surface area (Å²) in [6, 6.07) is 0. The molecule has 1 amide bonds. The molecule has 2 aliphatic rings. The van der Waals surface area contributed by atoms with Crippen molar-refractivity contribution in [1.82, 2.24) is 15.3 Å². The van der Waals surface area contributed by atoms with Gasteiger partial charge in [0.2, 0.25) is 5.91 Å². The molecular formula is C14H19N3O3S. The first-order valence-corrected chi connectivity index (χ1v) is 8.34. The summed E-state index contributed by atoms with van der Waals surface area (Å²) in [4.78, 5) is 30.1. The number of fused-ring (bicyclic) bond motifs is 1. The van der Waals surface area contributed by atoms with Crippen molar-refractivity contribution in [1.29, 1.82) is 0 Å². The van der Waals surface area contributed by atoms with Crippen LogP contribution in [0.1, 0.15) is 30.5 Å². The number of carbonyl (C=O) groups is 1. The maximum atomic E-state index is 11.9. The van der Waals surface area contributed by atoms with Crippen LogP contribution in [0.3, 0.4) is 0 Å². The van der Waals surface area contributed by atoms with Gasteiger partial charge >= 0.3 is 5.69 Å².